The van der Waals surface area contributed by atoms with E-state index in [4.69, 9.17) is 4.74 Å². The Bertz CT molecular complexity index is 689. The number of benzene rings is 1. The lowest BCUT2D eigenvalue weighted by Crippen LogP contribution is -2.71. The number of hydrogen-bond acceptors (Lipinski definition) is 2. The van der Waals surface area contributed by atoms with Crippen molar-refractivity contribution in [3.8, 4) is 0 Å². The third-order valence-corrected chi connectivity index (χ3v) is 7.26. The predicted octanol–water partition coefficient (Wildman–Crippen LogP) is 3.67. The minimum absolute atomic E-state index is 0.236. The molecule has 1 amide bonds. The summed E-state index contributed by atoms with van der Waals surface area (Å²) in [5.74, 6) is 0.707. The molecule has 4 fully saturated rings. The lowest BCUT2D eigenvalue weighted by Gasteiger charge is -2.62. The molecule has 5 rings (SSSR count). The standard InChI is InChI=1S/C21H26FNO2/c22-17-4-1-3-16(13-17)21(7-2-8-21)19(24)23-14-20(9-11-25-12-10-20)18(23)15-5-6-15/h1,3-4,13,15,18H,2,5-12,14H2. The van der Waals surface area contributed by atoms with Crippen molar-refractivity contribution >= 4 is 5.91 Å². The second-order valence-electron chi connectivity index (χ2n) is 8.64. The first kappa shape index (κ1) is 15.8. The van der Waals surface area contributed by atoms with Gasteiger partial charge in [0, 0.05) is 31.2 Å². The molecule has 4 aliphatic rings. The molecule has 2 heterocycles. The van der Waals surface area contributed by atoms with Gasteiger partial charge in [0.2, 0.25) is 5.91 Å². The lowest BCUT2D eigenvalue weighted by atomic mass is 9.59. The maximum atomic E-state index is 13.8. The monoisotopic (exact) mass is 343 g/mol. The van der Waals surface area contributed by atoms with Crippen molar-refractivity contribution in [3.63, 3.8) is 0 Å². The van der Waals surface area contributed by atoms with Crippen LogP contribution in [0.2, 0.25) is 0 Å². The molecule has 25 heavy (non-hydrogen) atoms. The molecule has 0 radical (unpaired) electrons. The molecule has 2 saturated carbocycles. The van der Waals surface area contributed by atoms with E-state index in [1.807, 2.05) is 6.07 Å². The first-order chi connectivity index (χ1) is 12.1. The van der Waals surface area contributed by atoms with E-state index in [1.165, 1.54) is 18.9 Å². The van der Waals surface area contributed by atoms with Gasteiger partial charge >= 0.3 is 0 Å². The van der Waals surface area contributed by atoms with Crippen LogP contribution in [0.15, 0.2) is 24.3 Å². The average Bonchev–Trinajstić information content (AvgIpc) is 3.37. The van der Waals surface area contributed by atoms with Gasteiger partial charge in [-0.15, -0.1) is 0 Å². The Balaban J connectivity index is 1.43. The largest absolute Gasteiger partial charge is 0.381 e. The fourth-order valence-electron chi connectivity index (χ4n) is 5.56. The Hall–Kier alpha value is -1.42. The van der Waals surface area contributed by atoms with E-state index in [0.717, 1.165) is 57.4 Å². The van der Waals surface area contributed by atoms with Gasteiger partial charge in [-0.1, -0.05) is 18.6 Å². The Morgan fingerprint density at radius 3 is 2.52 bits per heavy atom. The van der Waals surface area contributed by atoms with Crippen molar-refractivity contribution in [1.82, 2.24) is 4.90 Å². The first-order valence-corrected chi connectivity index (χ1v) is 9.80. The van der Waals surface area contributed by atoms with Crippen LogP contribution in [0.1, 0.15) is 50.5 Å². The second kappa shape index (κ2) is 5.54. The van der Waals surface area contributed by atoms with Crippen molar-refractivity contribution < 1.29 is 13.9 Å². The quantitative estimate of drug-likeness (QED) is 0.838. The van der Waals surface area contributed by atoms with Gasteiger partial charge in [0.25, 0.3) is 0 Å². The van der Waals surface area contributed by atoms with E-state index in [0.29, 0.717) is 17.4 Å². The molecule has 2 saturated heterocycles. The molecular weight excluding hydrogens is 317 g/mol. The third-order valence-electron chi connectivity index (χ3n) is 7.26. The van der Waals surface area contributed by atoms with Gasteiger partial charge in [0.05, 0.1) is 5.41 Å². The van der Waals surface area contributed by atoms with Crippen molar-refractivity contribution in [2.24, 2.45) is 11.3 Å². The lowest BCUT2D eigenvalue weighted by molar-refractivity contribution is -0.180. The van der Waals surface area contributed by atoms with Gasteiger partial charge in [-0.3, -0.25) is 4.79 Å². The molecule has 1 unspecified atom stereocenters. The number of carbonyl (C=O) groups excluding carboxylic acids is 1. The number of carbonyl (C=O) groups is 1. The zero-order valence-corrected chi connectivity index (χ0v) is 14.7. The number of ether oxygens (including phenoxy) is 1. The maximum Gasteiger partial charge on any atom is 0.233 e. The van der Waals surface area contributed by atoms with Gasteiger partial charge in [-0.05, 0) is 62.1 Å². The smallest absolute Gasteiger partial charge is 0.233 e. The average molecular weight is 343 g/mol. The molecule has 2 aliphatic heterocycles. The van der Waals surface area contributed by atoms with Crippen LogP contribution in [0.3, 0.4) is 0 Å². The Kier molecular flexibility index (Phi) is 3.50. The fraction of sp³-hybridized carbons (Fsp3) is 0.667. The summed E-state index contributed by atoms with van der Waals surface area (Å²) in [6.45, 7) is 2.55. The van der Waals surface area contributed by atoms with Crippen LogP contribution in [-0.2, 0) is 14.9 Å². The summed E-state index contributed by atoms with van der Waals surface area (Å²) in [5.41, 5.74) is 0.704. The zero-order valence-electron chi connectivity index (χ0n) is 14.7. The SMILES string of the molecule is O=C(N1CC2(CCOCC2)C1C1CC1)C1(c2cccc(F)c2)CCC1. The minimum Gasteiger partial charge on any atom is -0.381 e. The molecule has 0 N–H and O–H groups in total. The highest BCUT2D eigenvalue weighted by molar-refractivity contribution is 5.90. The number of nitrogens with zero attached hydrogens (tertiary/aromatic N) is 1. The Morgan fingerprint density at radius 1 is 1.16 bits per heavy atom. The molecule has 0 bridgehead atoms. The summed E-state index contributed by atoms with van der Waals surface area (Å²) in [5, 5.41) is 0. The van der Waals surface area contributed by atoms with Crippen LogP contribution in [0, 0.1) is 17.2 Å². The van der Waals surface area contributed by atoms with Gasteiger partial charge in [0.15, 0.2) is 0 Å². The summed E-state index contributed by atoms with van der Waals surface area (Å²) in [6, 6.07) is 7.12. The molecule has 1 aromatic carbocycles. The van der Waals surface area contributed by atoms with Crippen molar-refractivity contribution in [3.05, 3.63) is 35.6 Å². The second-order valence-corrected chi connectivity index (χ2v) is 8.64. The van der Waals surface area contributed by atoms with Crippen molar-refractivity contribution in [2.75, 3.05) is 19.8 Å². The van der Waals surface area contributed by atoms with E-state index < -0.39 is 5.41 Å². The van der Waals surface area contributed by atoms with Gasteiger partial charge in [-0.25, -0.2) is 4.39 Å². The highest BCUT2D eigenvalue weighted by Crippen LogP contribution is 2.57. The summed E-state index contributed by atoms with van der Waals surface area (Å²) < 4.78 is 19.4. The van der Waals surface area contributed by atoms with Crippen molar-refractivity contribution in [1.29, 1.82) is 0 Å². The summed E-state index contributed by atoms with van der Waals surface area (Å²) in [7, 11) is 0. The maximum absolute atomic E-state index is 13.8. The van der Waals surface area contributed by atoms with E-state index >= 15 is 0 Å². The van der Waals surface area contributed by atoms with E-state index in [-0.39, 0.29) is 11.7 Å². The van der Waals surface area contributed by atoms with Crippen LogP contribution in [0.4, 0.5) is 4.39 Å². The molecule has 1 aromatic rings. The fourth-order valence-corrected chi connectivity index (χ4v) is 5.56. The molecule has 4 heteroatoms. The number of rotatable bonds is 3. The van der Waals surface area contributed by atoms with Gasteiger partial charge in [-0.2, -0.15) is 0 Å². The Labute approximate surface area is 148 Å². The molecular formula is C21H26FNO2. The summed E-state index contributed by atoms with van der Waals surface area (Å²) in [6.07, 6.45) is 7.46. The highest BCUT2D eigenvalue weighted by atomic mass is 19.1. The molecule has 3 nitrogen and oxygen atoms in total. The molecule has 0 aromatic heterocycles. The van der Waals surface area contributed by atoms with Crippen LogP contribution in [0.25, 0.3) is 0 Å². The third kappa shape index (κ3) is 2.29. The molecule has 1 spiro atoms. The number of likely N-dealkylation sites (tertiary alicyclic amines) is 1. The zero-order chi connectivity index (χ0) is 17.1. The topological polar surface area (TPSA) is 29.5 Å². The molecule has 2 aliphatic carbocycles. The van der Waals surface area contributed by atoms with Gasteiger partial charge < -0.3 is 9.64 Å². The number of amides is 1. The first-order valence-electron chi connectivity index (χ1n) is 9.80. The minimum atomic E-state index is -0.470. The normalized spacial score (nSPS) is 29.8. The van der Waals surface area contributed by atoms with E-state index in [2.05, 4.69) is 4.90 Å². The molecule has 1 atom stereocenters. The van der Waals surface area contributed by atoms with Crippen LogP contribution in [0.5, 0.6) is 0 Å². The molecule has 134 valence electrons. The van der Waals surface area contributed by atoms with Crippen LogP contribution >= 0.6 is 0 Å². The highest BCUT2D eigenvalue weighted by Gasteiger charge is 2.62. The van der Waals surface area contributed by atoms with Crippen molar-refractivity contribution in [2.45, 2.75) is 56.4 Å². The Morgan fingerprint density at radius 2 is 1.92 bits per heavy atom. The number of halogens is 1. The van der Waals surface area contributed by atoms with Crippen LogP contribution in [-0.4, -0.2) is 36.6 Å². The van der Waals surface area contributed by atoms with E-state index in [1.54, 1.807) is 12.1 Å². The van der Waals surface area contributed by atoms with Gasteiger partial charge in [0.1, 0.15) is 5.82 Å². The van der Waals surface area contributed by atoms with E-state index in [9.17, 15) is 9.18 Å². The summed E-state index contributed by atoms with van der Waals surface area (Å²) >= 11 is 0. The predicted molar refractivity (Wildman–Crippen MR) is 92.6 cm³/mol. The number of hydrogen-bond donors (Lipinski definition) is 0. The summed E-state index contributed by atoms with van der Waals surface area (Å²) in [4.78, 5) is 15.8. The van der Waals surface area contributed by atoms with Crippen LogP contribution < -0.4 is 0 Å².